The molecule has 0 atom stereocenters. The summed E-state index contributed by atoms with van der Waals surface area (Å²) in [4.78, 5) is -0.521. The molecule has 0 heterocycles. The molecule has 18 heavy (non-hydrogen) atoms. The van der Waals surface area contributed by atoms with Crippen molar-refractivity contribution in [2.45, 2.75) is 31.2 Å². The number of sulfonamides is 1. The number of halogens is 1. The number of hydrogen-bond donors (Lipinski definition) is 3. The number of aliphatic hydroxyl groups is 1. The van der Waals surface area contributed by atoms with Crippen molar-refractivity contribution in [3.8, 4) is 0 Å². The Hall–Kier alpha value is -1.18. The van der Waals surface area contributed by atoms with Crippen LogP contribution in [-0.4, -0.2) is 25.7 Å². The largest absolute Gasteiger partial charge is 0.398 e. The van der Waals surface area contributed by atoms with Gasteiger partial charge in [-0.05, 0) is 38.5 Å². The molecule has 0 aliphatic rings. The van der Waals surface area contributed by atoms with Crippen LogP contribution in [0.4, 0.5) is 10.1 Å². The van der Waals surface area contributed by atoms with Crippen LogP contribution in [0.5, 0.6) is 0 Å². The Kier molecular flexibility index (Phi) is 3.99. The number of aryl methyl sites for hydroxylation is 1. The van der Waals surface area contributed by atoms with E-state index in [2.05, 4.69) is 4.72 Å². The normalized spacial score (nSPS) is 12.7. The van der Waals surface area contributed by atoms with Crippen LogP contribution in [0.1, 0.15) is 19.4 Å². The zero-order valence-electron chi connectivity index (χ0n) is 10.5. The number of benzene rings is 1. The Morgan fingerprint density at radius 2 is 2.00 bits per heavy atom. The summed E-state index contributed by atoms with van der Waals surface area (Å²) in [5, 5.41) is 9.03. The second-order valence-electron chi connectivity index (χ2n) is 4.79. The van der Waals surface area contributed by atoms with E-state index in [-0.39, 0.29) is 5.69 Å². The Morgan fingerprint density at radius 3 is 2.50 bits per heavy atom. The van der Waals surface area contributed by atoms with Gasteiger partial charge in [-0.15, -0.1) is 0 Å². The van der Waals surface area contributed by atoms with Crippen molar-refractivity contribution >= 4 is 15.7 Å². The highest BCUT2D eigenvalue weighted by atomic mass is 32.2. The zero-order chi connectivity index (χ0) is 14.1. The molecule has 0 bridgehead atoms. The highest BCUT2D eigenvalue weighted by molar-refractivity contribution is 7.89. The van der Waals surface area contributed by atoms with Gasteiger partial charge < -0.3 is 10.8 Å². The third kappa shape index (κ3) is 3.18. The molecule has 4 N–H and O–H groups in total. The van der Waals surface area contributed by atoms with Crippen molar-refractivity contribution in [1.29, 1.82) is 0 Å². The van der Waals surface area contributed by atoms with Gasteiger partial charge in [-0.1, -0.05) is 0 Å². The summed E-state index contributed by atoms with van der Waals surface area (Å²) in [6.45, 7) is 4.15. The Balaban J connectivity index is 3.26. The van der Waals surface area contributed by atoms with Crippen LogP contribution in [0, 0.1) is 12.7 Å². The Morgan fingerprint density at radius 1 is 1.44 bits per heavy atom. The second kappa shape index (κ2) is 4.83. The van der Waals surface area contributed by atoms with Crippen LogP contribution in [-0.2, 0) is 10.0 Å². The maximum absolute atomic E-state index is 13.7. The Bertz CT molecular complexity index is 556. The lowest BCUT2D eigenvalue weighted by molar-refractivity contribution is 0.208. The van der Waals surface area contributed by atoms with Crippen molar-refractivity contribution in [1.82, 2.24) is 4.72 Å². The van der Waals surface area contributed by atoms with Gasteiger partial charge in [0.1, 0.15) is 10.7 Å². The lowest BCUT2D eigenvalue weighted by atomic mass is 10.1. The molecule has 1 aromatic carbocycles. The summed E-state index contributed by atoms with van der Waals surface area (Å²) in [5.41, 5.74) is 5.15. The number of nitrogens with one attached hydrogen (secondary N) is 1. The zero-order valence-corrected chi connectivity index (χ0v) is 11.3. The lowest BCUT2D eigenvalue weighted by Crippen LogP contribution is -2.46. The van der Waals surface area contributed by atoms with Gasteiger partial charge in [0.15, 0.2) is 0 Å². The third-order valence-corrected chi connectivity index (χ3v) is 4.13. The first-order valence-corrected chi connectivity index (χ1v) is 6.78. The van der Waals surface area contributed by atoms with Crippen LogP contribution in [0.2, 0.25) is 0 Å². The van der Waals surface area contributed by atoms with Gasteiger partial charge in [-0.25, -0.2) is 17.5 Å². The van der Waals surface area contributed by atoms with Crippen molar-refractivity contribution in [2.75, 3.05) is 12.3 Å². The van der Waals surface area contributed by atoms with Gasteiger partial charge in [0.25, 0.3) is 0 Å². The van der Waals surface area contributed by atoms with Crippen molar-refractivity contribution in [3.05, 3.63) is 23.5 Å². The standard InChI is InChI=1S/C11H17FN2O3S/c1-7-4-8(12)10(5-9(7)13)18(16,17)14-11(2,3)6-15/h4-5,14-15H,6,13H2,1-3H3. The first kappa shape index (κ1) is 14.9. The number of anilines is 1. The summed E-state index contributed by atoms with van der Waals surface area (Å²) in [7, 11) is -4.06. The molecule has 0 aliphatic heterocycles. The molecule has 102 valence electrons. The van der Waals surface area contributed by atoms with E-state index in [1.54, 1.807) is 6.92 Å². The molecular formula is C11H17FN2O3S. The van der Waals surface area contributed by atoms with Crippen LogP contribution >= 0.6 is 0 Å². The number of aliphatic hydroxyl groups excluding tert-OH is 1. The van der Waals surface area contributed by atoms with Crippen molar-refractivity contribution < 1.29 is 17.9 Å². The first-order valence-electron chi connectivity index (χ1n) is 5.29. The van der Waals surface area contributed by atoms with E-state index in [0.29, 0.717) is 5.56 Å². The minimum Gasteiger partial charge on any atom is -0.398 e. The molecule has 0 saturated carbocycles. The van der Waals surface area contributed by atoms with E-state index >= 15 is 0 Å². The van der Waals surface area contributed by atoms with Gasteiger partial charge in [-0.2, -0.15) is 0 Å². The fourth-order valence-corrected chi connectivity index (χ4v) is 2.83. The van der Waals surface area contributed by atoms with Gasteiger partial charge in [0, 0.05) is 5.69 Å². The molecule has 0 amide bonds. The van der Waals surface area contributed by atoms with Gasteiger partial charge in [0.2, 0.25) is 10.0 Å². The SMILES string of the molecule is Cc1cc(F)c(S(=O)(=O)NC(C)(C)CO)cc1N. The van der Waals surface area contributed by atoms with Gasteiger partial charge in [-0.3, -0.25) is 0 Å². The monoisotopic (exact) mass is 276 g/mol. The average molecular weight is 276 g/mol. The highest BCUT2D eigenvalue weighted by Crippen LogP contribution is 2.22. The van der Waals surface area contributed by atoms with E-state index in [4.69, 9.17) is 10.8 Å². The summed E-state index contributed by atoms with van der Waals surface area (Å²) >= 11 is 0. The molecule has 5 nitrogen and oxygen atoms in total. The molecule has 0 aliphatic carbocycles. The highest BCUT2D eigenvalue weighted by Gasteiger charge is 2.28. The topological polar surface area (TPSA) is 92.4 Å². The Labute approximate surface area is 106 Å². The quantitative estimate of drug-likeness (QED) is 0.708. The second-order valence-corrected chi connectivity index (χ2v) is 6.44. The molecule has 0 fully saturated rings. The maximum atomic E-state index is 13.7. The van der Waals surface area contributed by atoms with Crippen LogP contribution in [0.15, 0.2) is 17.0 Å². The molecule has 7 heteroatoms. The molecule has 0 radical (unpaired) electrons. The molecule has 0 spiro atoms. The predicted molar refractivity (Wildman–Crippen MR) is 67.0 cm³/mol. The molecule has 1 aromatic rings. The maximum Gasteiger partial charge on any atom is 0.244 e. The van der Waals surface area contributed by atoms with E-state index in [1.165, 1.54) is 13.8 Å². The molecule has 1 rings (SSSR count). The fourth-order valence-electron chi connectivity index (χ4n) is 1.33. The summed E-state index contributed by atoms with van der Waals surface area (Å²) in [6.07, 6.45) is 0. The van der Waals surface area contributed by atoms with E-state index in [0.717, 1.165) is 12.1 Å². The van der Waals surface area contributed by atoms with E-state index in [9.17, 15) is 12.8 Å². The number of rotatable bonds is 4. The summed E-state index contributed by atoms with van der Waals surface area (Å²) in [5.74, 6) is -0.872. The number of nitrogen functional groups attached to an aromatic ring is 1. The lowest BCUT2D eigenvalue weighted by Gasteiger charge is -2.23. The van der Waals surface area contributed by atoms with E-state index < -0.39 is 32.9 Å². The van der Waals surface area contributed by atoms with Crippen LogP contribution in [0.25, 0.3) is 0 Å². The van der Waals surface area contributed by atoms with Gasteiger partial charge >= 0.3 is 0 Å². The predicted octanol–water partition coefficient (Wildman–Crippen LogP) is 0.766. The third-order valence-electron chi connectivity index (χ3n) is 2.42. The molecular weight excluding hydrogens is 259 g/mol. The average Bonchev–Trinajstić information content (AvgIpc) is 2.21. The van der Waals surface area contributed by atoms with E-state index in [1.807, 2.05) is 0 Å². The molecule has 0 saturated heterocycles. The first-order chi connectivity index (χ1) is 8.09. The fraction of sp³-hybridized carbons (Fsp3) is 0.455. The van der Waals surface area contributed by atoms with Gasteiger partial charge in [0.05, 0.1) is 12.1 Å². The smallest absolute Gasteiger partial charge is 0.244 e. The minimum absolute atomic E-state index is 0.193. The van der Waals surface area contributed by atoms with Crippen molar-refractivity contribution in [2.24, 2.45) is 0 Å². The number of hydrogen-bond acceptors (Lipinski definition) is 4. The minimum atomic E-state index is -4.06. The van der Waals surface area contributed by atoms with Crippen LogP contribution < -0.4 is 10.5 Å². The van der Waals surface area contributed by atoms with Crippen LogP contribution in [0.3, 0.4) is 0 Å². The molecule has 0 aromatic heterocycles. The number of nitrogens with two attached hydrogens (primary N) is 1. The molecule has 0 unspecified atom stereocenters. The summed E-state index contributed by atoms with van der Waals surface area (Å²) in [6, 6.07) is 2.14. The summed E-state index contributed by atoms with van der Waals surface area (Å²) < 4.78 is 39.8. The van der Waals surface area contributed by atoms with Crippen molar-refractivity contribution in [3.63, 3.8) is 0 Å².